The zero-order chi connectivity index (χ0) is 20.7. The Labute approximate surface area is 168 Å². The van der Waals surface area contributed by atoms with Gasteiger partial charge < -0.3 is 5.32 Å². The first kappa shape index (κ1) is 22.1. The first-order valence-electron chi connectivity index (χ1n) is 9.40. The van der Waals surface area contributed by atoms with Gasteiger partial charge in [-0.25, -0.2) is 13.1 Å². The van der Waals surface area contributed by atoms with Crippen molar-refractivity contribution < 1.29 is 13.2 Å². The summed E-state index contributed by atoms with van der Waals surface area (Å²) in [6.45, 7) is 8.66. The van der Waals surface area contributed by atoms with Gasteiger partial charge in [0.25, 0.3) is 5.91 Å². The van der Waals surface area contributed by atoms with E-state index in [-0.39, 0.29) is 10.8 Å². The van der Waals surface area contributed by atoms with E-state index in [0.717, 1.165) is 18.7 Å². The Bertz CT molecular complexity index is 876. The summed E-state index contributed by atoms with van der Waals surface area (Å²) in [7, 11) is -2.08. The minimum atomic E-state index is -3.45. The second-order valence-corrected chi connectivity index (χ2v) is 8.77. The van der Waals surface area contributed by atoms with Crippen molar-refractivity contribution in [2.45, 2.75) is 44.8 Å². The molecule has 0 aliphatic rings. The number of hydrogen-bond acceptors (Lipinski definition) is 4. The Balaban J connectivity index is 1.94. The molecule has 0 bridgehead atoms. The molecular formula is C21H29N3O3S. The minimum Gasteiger partial charge on any atom is -0.348 e. The number of amides is 1. The van der Waals surface area contributed by atoms with Gasteiger partial charge in [-0.2, -0.15) is 0 Å². The first-order chi connectivity index (χ1) is 13.3. The van der Waals surface area contributed by atoms with Crippen LogP contribution in [0.1, 0.15) is 42.3 Å². The van der Waals surface area contributed by atoms with Crippen molar-refractivity contribution in [1.29, 1.82) is 0 Å². The van der Waals surface area contributed by atoms with Gasteiger partial charge in [0.2, 0.25) is 10.0 Å². The van der Waals surface area contributed by atoms with E-state index in [1.165, 1.54) is 24.7 Å². The van der Waals surface area contributed by atoms with Crippen molar-refractivity contribution in [2.75, 3.05) is 13.6 Å². The molecule has 2 aromatic rings. The average Bonchev–Trinajstić information content (AvgIpc) is 2.70. The van der Waals surface area contributed by atoms with E-state index in [0.29, 0.717) is 18.2 Å². The largest absolute Gasteiger partial charge is 0.348 e. The molecule has 0 heterocycles. The SMILES string of the molecule is CCN(Cc1ccc(C(=O)NCc2ccc(S(=O)(=O)NC)cc2)cc1)C(C)C. The molecule has 152 valence electrons. The van der Waals surface area contributed by atoms with Crippen molar-refractivity contribution in [1.82, 2.24) is 14.9 Å². The molecule has 0 saturated carbocycles. The van der Waals surface area contributed by atoms with Crippen LogP contribution in [0.5, 0.6) is 0 Å². The van der Waals surface area contributed by atoms with Crippen LogP contribution in [0, 0.1) is 0 Å². The highest BCUT2D eigenvalue weighted by Crippen LogP contribution is 2.12. The minimum absolute atomic E-state index is 0.158. The maximum absolute atomic E-state index is 12.4. The van der Waals surface area contributed by atoms with Crippen molar-refractivity contribution in [2.24, 2.45) is 0 Å². The van der Waals surface area contributed by atoms with E-state index >= 15 is 0 Å². The number of nitrogens with one attached hydrogen (secondary N) is 2. The fourth-order valence-electron chi connectivity index (χ4n) is 2.84. The molecule has 2 rings (SSSR count). The maximum Gasteiger partial charge on any atom is 0.251 e. The summed E-state index contributed by atoms with van der Waals surface area (Å²) < 4.78 is 25.7. The summed E-state index contributed by atoms with van der Waals surface area (Å²) in [6, 6.07) is 14.5. The quantitative estimate of drug-likeness (QED) is 0.675. The molecule has 0 fully saturated rings. The molecule has 7 heteroatoms. The second kappa shape index (κ2) is 9.82. The fourth-order valence-corrected chi connectivity index (χ4v) is 3.57. The molecule has 28 heavy (non-hydrogen) atoms. The summed E-state index contributed by atoms with van der Waals surface area (Å²) in [4.78, 5) is 14.9. The van der Waals surface area contributed by atoms with E-state index in [1.54, 1.807) is 12.1 Å². The molecule has 0 aliphatic carbocycles. The van der Waals surface area contributed by atoms with Crippen LogP contribution in [0.4, 0.5) is 0 Å². The van der Waals surface area contributed by atoms with Crippen molar-refractivity contribution in [3.63, 3.8) is 0 Å². The highest BCUT2D eigenvalue weighted by molar-refractivity contribution is 7.89. The lowest BCUT2D eigenvalue weighted by Crippen LogP contribution is -2.30. The number of rotatable bonds is 9. The predicted molar refractivity (Wildman–Crippen MR) is 112 cm³/mol. The monoisotopic (exact) mass is 403 g/mol. The van der Waals surface area contributed by atoms with Gasteiger partial charge in [-0.3, -0.25) is 9.69 Å². The molecular weight excluding hydrogens is 374 g/mol. The zero-order valence-electron chi connectivity index (χ0n) is 16.9. The normalized spacial score (nSPS) is 11.8. The predicted octanol–water partition coefficient (Wildman–Crippen LogP) is 2.76. The zero-order valence-corrected chi connectivity index (χ0v) is 17.7. The summed E-state index contributed by atoms with van der Waals surface area (Å²) in [5.74, 6) is -0.158. The number of carbonyl (C=O) groups excluding carboxylic acids is 1. The van der Waals surface area contributed by atoms with Crippen LogP contribution in [-0.4, -0.2) is 38.9 Å². The molecule has 0 radical (unpaired) electrons. The molecule has 0 atom stereocenters. The van der Waals surface area contributed by atoms with Crippen LogP contribution in [-0.2, 0) is 23.1 Å². The molecule has 0 spiro atoms. The number of hydrogen-bond donors (Lipinski definition) is 2. The second-order valence-electron chi connectivity index (χ2n) is 6.89. The fraction of sp³-hybridized carbons (Fsp3) is 0.381. The van der Waals surface area contributed by atoms with Crippen molar-refractivity contribution >= 4 is 15.9 Å². The van der Waals surface area contributed by atoms with E-state index in [9.17, 15) is 13.2 Å². The summed E-state index contributed by atoms with van der Waals surface area (Å²) in [5.41, 5.74) is 2.61. The number of sulfonamides is 1. The average molecular weight is 404 g/mol. The summed E-state index contributed by atoms with van der Waals surface area (Å²) in [5, 5.41) is 2.86. The smallest absolute Gasteiger partial charge is 0.251 e. The van der Waals surface area contributed by atoms with E-state index in [4.69, 9.17) is 0 Å². The lowest BCUT2D eigenvalue weighted by molar-refractivity contribution is 0.0951. The van der Waals surface area contributed by atoms with E-state index in [2.05, 4.69) is 35.7 Å². The van der Waals surface area contributed by atoms with Gasteiger partial charge in [-0.05, 0) is 62.8 Å². The number of carbonyl (C=O) groups is 1. The summed E-state index contributed by atoms with van der Waals surface area (Å²) in [6.07, 6.45) is 0. The lowest BCUT2D eigenvalue weighted by Gasteiger charge is -2.24. The maximum atomic E-state index is 12.4. The van der Waals surface area contributed by atoms with Crippen molar-refractivity contribution in [3.05, 3.63) is 65.2 Å². The molecule has 0 aliphatic heterocycles. The van der Waals surface area contributed by atoms with Gasteiger partial charge in [-0.1, -0.05) is 31.2 Å². The highest BCUT2D eigenvalue weighted by Gasteiger charge is 2.12. The van der Waals surface area contributed by atoms with Crippen LogP contribution in [0.25, 0.3) is 0 Å². The molecule has 2 N–H and O–H groups in total. The van der Waals surface area contributed by atoms with Crippen LogP contribution in [0.3, 0.4) is 0 Å². The van der Waals surface area contributed by atoms with Gasteiger partial charge >= 0.3 is 0 Å². The van der Waals surface area contributed by atoms with E-state index in [1.807, 2.05) is 24.3 Å². The lowest BCUT2D eigenvalue weighted by atomic mass is 10.1. The molecule has 0 unspecified atom stereocenters. The number of nitrogens with zero attached hydrogens (tertiary/aromatic N) is 1. The Morgan fingerprint density at radius 3 is 2.07 bits per heavy atom. The van der Waals surface area contributed by atoms with Gasteiger partial charge in [0.1, 0.15) is 0 Å². The number of benzene rings is 2. The molecule has 2 aromatic carbocycles. The van der Waals surface area contributed by atoms with Gasteiger partial charge in [0, 0.05) is 24.7 Å². The molecule has 6 nitrogen and oxygen atoms in total. The molecule has 0 aromatic heterocycles. The third-order valence-corrected chi connectivity index (χ3v) is 6.12. The third-order valence-electron chi connectivity index (χ3n) is 4.69. The van der Waals surface area contributed by atoms with Gasteiger partial charge in [-0.15, -0.1) is 0 Å². The van der Waals surface area contributed by atoms with Crippen molar-refractivity contribution in [3.8, 4) is 0 Å². The van der Waals surface area contributed by atoms with Gasteiger partial charge in [0.15, 0.2) is 0 Å². The van der Waals surface area contributed by atoms with E-state index < -0.39 is 10.0 Å². The Morgan fingerprint density at radius 2 is 1.57 bits per heavy atom. The Morgan fingerprint density at radius 1 is 1.00 bits per heavy atom. The van der Waals surface area contributed by atoms with Crippen LogP contribution in [0.2, 0.25) is 0 Å². The Hall–Kier alpha value is -2.22. The first-order valence-corrected chi connectivity index (χ1v) is 10.9. The summed E-state index contributed by atoms with van der Waals surface area (Å²) >= 11 is 0. The molecule has 1 amide bonds. The van der Waals surface area contributed by atoms with Crippen LogP contribution in [0.15, 0.2) is 53.4 Å². The van der Waals surface area contributed by atoms with Crippen LogP contribution < -0.4 is 10.0 Å². The third kappa shape index (κ3) is 5.89. The highest BCUT2D eigenvalue weighted by atomic mass is 32.2. The van der Waals surface area contributed by atoms with Crippen LogP contribution >= 0.6 is 0 Å². The molecule has 0 saturated heterocycles. The topological polar surface area (TPSA) is 78.5 Å². The standard InChI is InChI=1S/C21H29N3O3S/c1-5-24(16(2)3)15-18-6-10-19(11-7-18)21(25)23-14-17-8-12-20(13-9-17)28(26,27)22-4/h6-13,16,22H,5,14-15H2,1-4H3,(H,23,25). The Kier molecular flexibility index (Phi) is 7.74. The van der Waals surface area contributed by atoms with Gasteiger partial charge in [0.05, 0.1) is 4.90 Å².